The SMILES string of the molecule is N[C@@H]1CCN(C(=O)CCSc2ccc3c(c2)OCCO3)C1. The van der Waals surface area contributed by atoms with E-state index in [1.165, 1.54) is 0 Å². The minimum atomic E-state index is 0.152. The fourth-order valence-corrected chi connectivity index (χ4v) is 3.41. The number of hydrogen-bond donors (Lipinski definition) is 1. The number of hydrogen-bond acceptors (Lipinski definition) is 5. The molecule has 1 fully saturated rings. The van der Waals surface area contributed by atoms with Crippen molar-refractivity contribution in [3.05, 3.63) is 18.2 Å². The van der Waals surface area contributed by atoms with Gasteiger partial charge in [-0.05, 0) is 24.6 Å². The molecule has 0 aromatic heterocycles. The second-order valence-electron chi connectivity index (χ2n) is 5.29. The Morgan fingerprint density at radius 3 is 2.90 bits per heavy atom. The number of carbonyl (C=O) groups excluding carboxylic acids is 1. The number of ether oxygens (including phenoxy) is 2. The maximum Gasteiger partial charge on any atom is 0.223 e. The van der Waals surface area contributed by atoms with Crippen molar-refractivity contribution in [3.63, 3.8) is 0 Å². The first kappa shape index (κ1) is 14.5. The molecule has 0 spiro atoms. The number of nitrogens with two attached hydrogens (primary N) is 1. The first-order valence-electron chi connectivity index (χ1n) is 7.28. The van der Waals surface area contributed by atoms with Crippen LogP contribution in [0.25, 0.3) is 0 Å². The Labute approximate surface area is 128 Å². The molecule has 0 radical (unpaired) electrons. The van der Waals surface area contributed by atoms with Crippen LogP contribution in [0.15, 0.2) is 23.1 Å². The zero-order chi connectivity index (χ0) is 14.7. The van der Waals surface area contributed by atoms with Crippen LogP contribution in [0.3, 0.4) is 0 Å². The van der Waals surface area contributed by atoms with Gasteiger partial charge in [0.15, 0.2) is 11.5 Å². The molecule has 2 aliphatic heterocycles. The molecule has 1 aromatic rings. The van der Waals surface area contributed by atoms with E-state index in [-0.39, 0.29) is 11.9 Å². The van der Waals surface area contributed by atoms with Crippen LogP contribution >= 0.6 is 11.8 Å². The molecule has 0 saturated carbocycles. The van der Waals surface area contributed by atoms with Gasteiger partial charge >= 0.3 is 0 Å². The van der Waals surface area contributed by atoms with E-state index in [4.69, 9.17) is 15.2 Å². The largest absolute Gasteiger partial charge is 0.486 e. The first-order chi connectivity index (χ1) is 10.2. The van der Waals surface area contributed by atoms with Crippen LogP contribution in [0.4, 0.5) is 0 Å². The number of nitrogens with zero attached hydrogens (tertiary/aromatic N) is 1. The summed E-state index contributed by atoms with van der Waals surface area (Å²) in [4.78, 5) is 15.0. The third kappa shape index (κ3) is 3.63. The van der Waals surface area contributed by atoms with Gasteiger partial charge in [-0.3, -0.25) is 4.79 Å². The molecule has 3 rings (SSSR count). The van der Waals surface area contributed by atoms with Crippen molar-refractivity contribution in [1.29, 1.82) is 0 Å². The Morgan fingerprint density at radius 1 is 1.33 bits per heavy atom. The fraction of sp³-hybridized carbons (Fsp3) is 0.533. The third-order valence-corrected chi connectivity index (χ3v) is 4.67. The van der Waals surface area contributed by atoms with Crippen LogP contribution in [-0.4, -0.2) is 48.9 Å². The van der Waals surface area contributed by atoms with Crippen LogP contribution < -0.4 is 15.2 Å². The van der Waals surface area contributed by atoms with E-state index in [1.54, 1.807) is 11.8 Å². The highest BCUT2D eigenvalue weighted by Gasteiger charge is 2.23. The molecule has 6 heteroatoms. The first-order valence-corrected chi connectivity index (χ1v) is 8.27. The second-order valence-corrected chi connectivity index (χ2v) is 6.46. The van der Waals surface area contributed by atoms with E-state index < -0.39 is 0 Å². The Kier molecular flexibility index (Phi) is 4.55. The summed E-state index contributed by atoms with van der Waals surface area (Å²) in [5.41, 5.74) is 5.82. The average Bonchev–Trinajstić information content (AvgIpc) is 2.94. The van der Waals surface area contributed by atoms with Gasteiger partial charge in [0.25, 0.3) is 0 Å². The number of amides is 1. The van der Waals surface area contributed by atoms with Crippen molar-refractivity contribution >= 4 is 17.7 Å². The fourth-order valence-electron chi connectivity index (χ4n) is 2.54. The summed E-state index contributed by atoms with van der Waals surface area (Å²) in [6, 6.07) is 6.07. The summed E-state index contributed by atoms with van der Waals surface area (Å²) < 4.78 is 11.0. The molecule has 1 amide bonds. The highest BCUT2D eigenvalue weighted by Crippen LogP contribution is 2.34. The van der Waals surface area contributed by atoms with E-state index in [9.17, 15) is 4.79 Å². The number of benzene rings is 1. The van der Waals surface area contributed by atoms with Crippen molar-refractivity contribution < 1.29 is 14.3 Å². The predicted molar refractivity (Wildman–Crippen MR) is 81.9 cm³/mol. The number of likely N-dealkylation sites (tertiary alicyclic amines) is 1. The van der Waals surface area contributed by atoms with Gasteiger partial charge in [-0.15, -0.1) is 11.8 Å². The molecule has 2 aliphatic rings. The Bertz CT molecular complexity index is 524. The number of fused-ring (bicyclic) bond motifs is 1. The van der Waals surface area contributed by atoms with Crippen molar-refractivity contribution in [2.45, 2.75) is 23.8 Å². The van der Waals surface area contributed by atoms with Crippen LogP contribution in [-0.2, 0) is 4.79 Å². The maximum absolute atomic E-state index is 12.0. The van der Waals surface area contributed by atoms with Crippen molar-refractivity contribution in [2.24, 2.45) is 5.73 Å². The zero-order valence-corrected chi connectivity index (χ0v) is 12.7. The third-order valence-electron chi connectivity index (χ3n) is 3.68. The molecule has 1 saturated heterocycles. The van der Waals surface area contributed by atoms with E-state index >= 15 is 0 Å². The van der Waals surface area contributed by atoms with Crippen LogP contribution in [0.5, 0.6) is 11.5 Å². The molecule has 2 heterocycles. The molecule has 0 aliphatic carbocycles. The molecule has 1 aromatic carbocycles. The van der Waals surface area contributed by atoms with Crippen molar-refractivity contribution in [2.75, 3.05) is 32.1 Å². The molecule has 114 valence electrons. The quantitative estimate of drug-likeness (QED) is 0.854. The molecule has 0 bridgehead atoms. The number of carbonyl (C=O) groups is 1. The number of thioether (sulfide) groups is 1. The van der Waals surface area contributed by atoms with Crippen molar-refractivity contribution in [1.82, 2.24) is 4.90 Å². The summed E-state index contributed by atoms with van der Waals surface area (Å²) >= 11 is 1.67. The lowest BCUT2D eigenvalue weighted by molar-refractivity contribution is -0.129. The van der Waals surface area contributed by atoms with E-state index in [0.717, 1.165) is 35.1 Å². The lowest BCUT2D eigenvalue weighted by Gasteiger charge is -2.19. The summed E-state index contributed by atoms with van der Waals surface area (Å²) in [6.07, 6.45) is 1.47. The minimum absolute atomic E-state index is 0.152. The number of rotatable bonds is 4. The normalized spacial score (nSPS) is 20.6. The van der Waals surface area contributed by atoms with Gasteiger partial charge in [0.1, 0.15) is 13.2 Å². The van der Waals surface area contributed by atoms with Gasteiger partial charge in [-0.1, -0.05) is 0 Å². The van der Waals surface area contributed by atoms with Crippen molar-refractivity contribution in [3.8, 4) is 11.5 Å². The summed E-state index contributed by atoms with van der Waals surface area (Å²) in [5, 5.41) is 0. The van der Waals surface area contributed by atoms with Gasteiger partial charge < -0.3 is 20.1 Å². The maximum atomic E-state index is 12.0. The summed E-state index contributed by atoms with van der Waals surface area (Å²) in [7, 11) is 0. The zero-order valence-electron chi connectivity index (χ0n) is 11.9. The van der Waals surface area contributed by atoms with Gasteiger partial charge in [0, 0.05) is 36.2 Å². The Morgan fingerprint density at radius 2 is 2.14 bits per heavy atom. The van der Waals surface area contributed by atoms with Gasteiger partial charge in [0.05, 0.1) is 0 Å². The molecule has 2 N–H and O–H groups in total. The highest BCUT2D eigenvalue weighted by atomic mass is 32.2. The molecule has 1 atom stereocenters. The monoisotopic (exact) mass is 308 g/mol. The van der Waals surface area contributed by atoms with E-state index in [2.05, 4.69) is 0 Å². The Balaban J connectivity index is 1.48. The molecule has 21 heavy (non-hydrogen) atoms. The lowest BCUT2D eigenvalue weighted by Crippen LogP contribution is -2.32. The molecule has 0 unspecified atom stereocenters. The predicted octanol–water partition coefficient (Wildman–Crippen LogP) is 1.50. The van der Waals surface area contributed by atoms with Crippen LogP contribution in [0, 0.1) is 0 Å². The van der Waals surface area contributed by atoms with Crippen LogP contribution in [0.2, 0.25) is 0 Å². The standard InChI is InChI=1S/C15H20N2O3S/c16-11-3-5-17(10-11)15(18)4-8-21-12-1-2-13-14(9-12)20-7-6-19-13/h1-2,9,11H,3-8,10,16H2/t11-/m1/s1. The van der Waals surface area contributed by atoms with Crippen LogP contribution in [0.1, 0.15) is 12.8 Å². The van der Waals surface area contributed by atoms with Gasteiger partial charge in [0.2, 0.25) is 5.91 Å². The highest BCUT2D eigenvalue weighted by molar-refractivity contribution is 7.99. The molecule has 5 nitrogen and oxygen atoms in total. The summed E-state index contributed by atoms with van der Waals surface area (Å²) in [6.45, 7) is 2.70. The van der Waals surface area contributed by atoms with E-state index in [0.29, 0.717) is 26.2 Å². The minimum Gasteiger partial charge on any atom is -0.486 e. The van der Waals surface area contributed by atoms with E-state index in [1.807, 2.05) is 23.1 Å². The molecular weight excluding hydrogens is 288 g/mol. The average molecular weight is 308 g/mol. The summed E-state index contributed by atoms with van der Waals surface area (Å²) in [5.74, 6) is 2.56. The topological polar surface area (TPSA) is 64.8 Å². The van der Waals surface area contributed by atoms with Gasteiger partial charge in [-0.25, -0.2) is 0 Å². The smallest absolute Gasteiger partial charge is 0.223 e. The lowest BCUT2D eigenvalue weighted by atomic mass is 10.3. The van der Waals surface area contributed by atoms with Gasteiger partial charge in [-0.2, -0.15) is 0 Å². The Hall–Kier alpha value is -1.40. The second kappa shape index (κ2) is 6.58. The molecular formula is C15H20N2O3S.